The number of aliphatic hydroxyl groups is 1. The van der Waals surface area contributed by atoms with Gasteiger partial charge in [0.25, 0.3) is 0 Å². The summed E-state index contributed by atoms with van der Waals surface area (Å²) in [7, 11) is 0. The van der Waals surface area contributed by atoms with Gasteiger partial charge in [0.15, 0.2) is 0 Å². The summed E-state index contributed by atoms with van der Waals surface area (Å²) in [5.41, 5.74) is 1.09. The third-order valence-corrected chi connectivity index (χ3v) is 3.89. The van der Waals surface area contributed by atoms with Crippen LogP contribution in [0.15, 0.2) is 42.5 Å². The van der Waals surface area contributed by atoms with E-state index in [1.807, 2.05) is 32.0 Å². The van der Waals surface area contributed by atoms with Crippen LogP contribution in [0.1, 0.15) is 38.0 Å². The first-order valence-corrected chi connectivity index (χ1v) is 8.38. The topological polar surface area (TPSA) is 99.0 Å². The number of rotatable bonds is 7. The van der Waals surface area contributed by atoms with Crippen molar-refractivity contribution in [2.75, 3.05) is 6.54 Å². The van der Waals surface area contributed by atoms with Crippen LogP contribution in [-0.4, -0.2) is 33.4 Å². The molecule has 0 aliphatic carbocycles. The third kappa shape index (κ3) is 6.06. The molecule has 6 nitrogen and oxygen atoms in total. The Balaban J connectivity index is 1.98. The van der Waals surface area contributed by atoms with E-state index in [1.54, 1.807) is 6.07 Å². The highest BCUT2D eigenvalue weighted by atomic mass is 16.5. The highest BCUT2D eigenvalue weighted by molar-refractivity contribution is 5.69. The van der Waals surface area contributed by atoms with Crippen molar-refractivity contribution in [3.63, 3.8) is 0 Å². The molecule has 0 aliphatic rings. The van der Waals surface area contributed by atoms with Gasteiger partial charge in [0, 0.05) is 25.1 Å². The van der Waals surface area contributed by atoms with E-state index < -0.39 is 6.10 Å². The molecule has 0 aromatic heterocycles. The lowest BCUT2D eigenvalue weighted by Gasteiger charge is -2.28. The van der Waals surface area contributed by atoms with E-state index in [0.717, 1.165) is 5.56 Å². The van der Waals surface area contributed by atoms with Gasteiger partial charge in [-0.25, -0.2) is 0 Å². The second-order valence-electron chi connectivity index (χ2n) is 6.98. The first-order valence-electron chi connectivity index (χ1n) is 8.38. The number of carbonyl (C=O) groups excluding carboxylic acids is 1. The van der Waals surface area contributed by atoms with Crippen molar-refractivity contribution < 1.29 is 24.9 Å². The van der Waals surface area contributed by atoms with Gasteiger partial charge in [0.1, 0.15) is 17.2 Å². The monoisotopic (exact) mass is 359 g/mol. The van der Waals surface area contributed by atoms with Gasteiger partial charge in [-0.2, -0.15) is 0 Å². The number of phenols is 2. The Bertz CT molecular complexity index is 752. The van der Waals surface area contributed by atoms with E-state index in [1.165, 1.54) is 25.1 Å². The zero-order chi connectivity index (χ0) is 19.3. The molecule has 26 heavy (non-hydrogen) atoms. The number of carbonyl (C=O) groups is 1. The third-order valence-electron chi connectivity index (χ3n) is 3.89. The minimum atomic E-state index is -0.875. The van der Waals surface area contributed by atoms with Crippen LogP contribution < -0.4 is 10.1 Å². The van der Waals surface area contributed by atoms with Crippen molar-refractivity contribution in [2.45, 2.75) is 38.8 Å². The van der Waals surface area contributed by atoms with Gasteiger partial charge in [-0.15, -0.1) is 0 Å². The summed E-state index contributed by atoms with van der Waals surface area (Å²) in [6.07, 6.45) is -0.222. The summed E-state index contributed by atoms with van der Waals surface area (Å²) in [5.74, 6) is -0.0562. The molecule has 0 bridgehead atoms. The Labute approximate surface area is 153 Å². The van der Waals surface area contributed by atoms with Crippen LogP contribution in [-0.2, 0) is 11.2 Å². The smallest absolute Gasteiger partial charge is 0.308 e. The Kier molecular flexibility index (Phi) is 6.23. The molecular weight excluding hydrogens is 334 g/mol. The van der Waals surface area contributed by atoms with Crippen LogP contribution in [0.4, 0.5) is 0 Å². The van der Waals surface area contributed by atoms with E-state index in [2.05, 4.69) is 5.32 Å². The lowest BCUT2D eigenvalue weighted by Crippen LogP contribution is -2.43. The maximum absolute atomic E-state index is 11.1. The molecule has 6 heteroatoms. The number of β-amino-alcohol motifs (C(OH)–C–C–N with tert-alkyl or cyclic N) is 1. The molecule has 2 aromatic rings. The average molecular weight is 359 g/mol. The fourth-order valence-corrected chi connectivity index (χ4v) is 2.76. The molecule has 0 spiro atoms. The zero-order valence-corrected chi connectivity index (χ0v) is 15.2. The lowest BCUT2D eigenvalue weighted by molar-refractivity contribution is -0.131. The molecule has 2 aromatic carbocycles. The predicted octanol–water partition coefficient (Wildman–Crippen LogP) is 2.67. The molecule has 0 fully saturated rings. The highest BCUT2D eigenvalue weighted by Crippen LogP contribution is 2.25. The van der Waals surface area contributed by atoms with E-state index in [0.29, 0.717) is 17.7 Å². The lowest BCUT2D eigenvalue weighted by atomic mass is 9.94. The fourth-order valence-electron chi connectivity index (χ4n) is 2.76. The summed E-state index contributed by atoms with van der Waals surface area (Å²) in [5, 5.41) is 32.6. The first-order chi connectivity index (χ1) is 12.1. The van der Waals surface area contributed by atoms with Crippen molar-refractivity contribution in [1.29, 1.82) is 0 Å². The summed E-state index contributed by atoms with van der Waals surface area (Å²) < 4.78 is 5.10. The summed E-state index contributed by atoms with van der Waals surface area (Å²) in [6.45, 7) is 5.61. The van der Waals surface area contributed by atoms with E-state index in [4.69, 9.17) is 4.74 Å². The minimum Gasteiger partial charge on any atom is -0.508 e. The second-order valence-corrected chi connectivity index (χ2v) is 6.98. The van der Waals surface area contributed by atoms with Crippen LogP contribution in [0, 0.1) is 0 Å². The van der Waals surface area contributed by atoms with Crippen molar-refractivity contribution in [3.8, 4) is 17.2 Å². The molecule has 2 rings (SSSR count). The van der Waals surface area contributed by atoms with Crippen LogP contribution in [0.25, 0.3) is 0 Å². The highest BCUT2D eigenvalue weighted by Gasteiger charge is 2.20. The van der Waals surface area contributed by atoms with E-state index in [9.17, 15) is 20.1 Å². The van der Waals surface area contributed by atoms with Crippen molar-refractivity contribution in [3.05, 3.63) is 53.6 Å². The molecule has 1 atom stereocenters. The SMILES string of the molecule is CC(=O)Oc1cccc(CC(C)(C)NCC(O)c2cc(O)cc(O)c2)c1. The largest absolute Gasteiger partial charge is 0.508 e. The number of ether oxygens (including phenoxy) is 1. The van der Waals surface area contributed by atoms with E-state index >= 15 is 0 Å². The van der Waals surface area contributed by atoms with Crippen molar-refractivity contribution >= 4 is 5.97 Å². The Hall–Kier alpha value is -2.57. The molecule has 0 aliphatic heterocycles. The number of hydrogen-bond donors (Lipinski definition) is 4. The normalized spacial score (nSPS) is 12.6. The summed E-state index contributed by atoms with van der Waals surface area (Å²) in [6, 6.07) is 11.4. The Morgan fingerprint density at radius 3 is 2.42 bits per heavy atom. The maximum atomic E-state index is 11.1. The van der Waals surface area contributed by atoms with Gasteiger partial charge < -0.3 is 25.4 Å². The summed E-state index contributed by atoms with van der Waals surface area (Å²) in [4.78, 5) is 11.1. The molecule has 0 radical (unpaired) electrons. The van der Waals surface area contributed by atoms with Crippen LogP contribution in [0.2, 0.25) is 0 Å². The van der Waals surface area contributed by atoms with Gasteiger partial charge in [-0.3, -0.25) is 4.79 Å². The van der Waals surface area contributed by atoms with Crippen LogP contribution >= 0.6 is 0 Å². The molecule has 0 heterocycles. The van der Waals surface area contributed by atoms with Crippen molar-refractivity contribution in [2.24, 2.45) is 0 Å². The predicted molar refractivity (Wildman–Crippen MR) is 98.3 cm³/mol. The number of esters is 1. The molecule has 4 N–H and O–H groups in total. The van der Waals surface area contributed by atoms with Gasteiger partial charge >= 0.3 is 5.97 Å². The number of hydrogen-bond acceptors (Lipinski definition) is 6. The molecular formula is C20H25NO5. The van der Waals surface area contributed by atoms with Gasteiger partial charge in [0.05, 0.1) is 6.10 Å². The van der Waals surface area contributed by atoms with Crippen LogP contribution in [0.5, 0.6) is 17.2 Å². The number of phenolic OH excluding ortho intramolecular Hbond substituents is 2. The minimum absolute atomic E-state index is 0.0967. The Morgan fingerprint density at radius 2 is 1.81 bits per heavy atom. The Morgan fingerprint density at radius 1 is 1.15 bits per heavy atom. The quantitative estimate of drug-likeness (QED) is 0.448. The molecule has 0 saturated heterocycles. The number of aliphatic hydroxyl groups excluding tert-OH is 1. The van der Waals surface area contributed by atoms with Crippen LogP contribution in [0.3, 0.4) is 0 Å². The standard InChI is InChI=1S/C20H25NO5/c1-13(22)26-18-6-4-5-14(7-18)11-20(2,3)21-12-19(25)15-8-16(23)10-17(24)9-15/h4-10,19,21,23-25H,11-12H2,1-3H3. The molecule has 1 unspecified atom stereocenters. The van der Waals surface area contributed by atoms with Gasteiger partial charge in [-0.05, 0) is 55.7 Å². The van der Waals surface area contributed by atoms with Gasteiger partial charge in [-0.1, -0.05) is 12.1 Å². The average Bonchev–Trinajstić information content (AvgIpc) is 2.51. The zero-order valence-electron chi connectivity index (χ0n) is 15.2. The molecule has 0 saturated carbocycles. The van der Waals surface area contributed by atoms with Gasteiger partial charge in [0.2, 0.25) is 0 Å². The number of aromatic hydroxyl groups is 2. The van der Waals surface area contributed by atoms with Crippen molar-refractivity contribution in [1.82, 2.24) is 5.32 Å². The molecule has 0 amide bonds. The van der Waals surface area contributed by atoms with E-state index in [-0.39, 0.29) is 29.6 Å². The second kappa shape index (κ2) is 8.21. The number of nitrogens with one attached hydrogen (secondary N) is 1. The summed E-state index contributed by atoms with van der Waals surface area (Å²) >= 11 is 0. The fraction of sp³-hybridized carbons (Fsp3) is 0.350. The number of benzene rings is 2. The molecule has 140 valence electrons. The maximum Gasteiger partial charge on any atom is 0.308 e. The first kappa shape index (κ1) is 19.8.